The summed E-state index contributed by atoms with van der Waals surface area (Å²) in [4.78, 5) is 17.0. The van der Waals surface area contributed by atoms with Crippen molar-refractivity contribution in [2.24, 2.45) is 4.99 Å². The summed E-state index contributed by atoms with van der Waals surface area (Å²) < 4.78 is 27.6. The van der Waals surface area contributed by atoms with Gasteiger partial charge in [-0.25, -0.2) is 9.79 Å². The summed E-state index contributed by atoms with van der Waals surface area (Å²) in [6.07, 6.45) is 3.28. The second-order valence-electron chi connectivity index (χ2n) is 6.72. The minimum absolute atomic E-state index is 0.134. The number of esters is 1. The minimum atomic E-state index is -0.547. The zero-order chi connectivity index (χ0) is 20.1. The Bertz CT molecular complexity index is 1280. The van der Waals surface area contributed by atoms with E-state index in [9.17, 15) is 4.79 Å². The summed E-state index contributed by atoms with van der Waals surface area (Å²) in [6.45, 7) is 0.187. The first kappa shape index (κ1) is 16.7. The Morgan fingerprint density at radius 1 is 0.867 bits per heavy atom. The molecule has 0 aliphatic carbocycles. The molecule has 0 radical (unpaired) electrons. The molecule has 0 bridgehead atoms. The largest absolute Gasteiger partial charge is 0.459 e. The highest BCUT2D eigenvalue weighted by Crippen LogP contribution is 2.42. The van der Waals surface area contributed by atoms with Gasteiger partial charge in [-0.3, -0.25) is 0 Å². The van der Waals surface area contributed by atoms with E-state index in [0.717, 1.165) is 11.1 Å². The molecule has 0 N–H and O–H groups in total. The molecule has 146 valence electrons. The number of rotatable bonds is 2. The van der Waals surface area contributed by atoms with E-state index in [1.54, 1.807) is 18.2 Å². The summed E-state index contributed by atoms with van der Waals surface area (Å²) in [7, 11) is 0. The lowest BCUT2D eigenvalue weighted by atomic mass is 9.97. The van der Waals surface area contributed by atoms with Gasteiger partial charge in [-0.15, -0.1) is 0 Å². The fraction of sp³-hybridized carbons (Fsp3) is 0.0435. The van der Waals surface area contributed by atoms with Crippen LogP contribution in [0.5, 0.6) is 17.2 Å². The van der Waals surface area contributed by atoms with Crippen LogP contribution in [0, 0.1) is 0 Å². The van der Waals surface area contributed by atoms with E-state index < -0.39 is 5.97 Å². The topological polar surface area (TPSA) is 79.5 Å². The van der Waals surface area contributed by atoms with Crippen molar-refractivity contribution >= 4 is 23.2 Å². The highest BCUT2D eigenvalue weighted by atomic mass is 16.7. The molecule has 0 fully saturated rings. The molecule has 0 unspecified atom stereocenters. The molecule has 30 heavy (non-hydrogen) atoms. The Morgan fingerprint density at radius 3 is 2.67 bits per heavy atom. The van der Waals surface area contributed by atoms with Crippen LogP contribution in [0.25, 0.3) is 11.3 Å². The molecule has 6 rings (SSSR count). The van der Waals surface area contributed by atoms with Crippen LogP contribution in [0.3, 0.4) is 0 Å². The van der Waals surface area contributed by atoms with Crippen LogP contribution in [0.2, 0.25) is 0 Å². The van der Waals surface area contributed by atoms with Crippen LogP contribution < -0.4 is 14.2 Å². The molecule has 1 aromatic heterocycles. The van der Waals surface area contributed by atoms with Gasteiger partial charge in [0.2, 0.25) is 6.79 Å². The summed E-state index contributed by atoms with van der Waals surface area (Å²) >= 11 is 0. The van der Waals surface area contributed by atoms with E-state index in [2.05, 4.69) is 4.99 Å². The van der Waals surface area contributed by atoms with Gasteiger partial charge in [0, 0.05) is 16.7 Å². The average molecular weight is 399 g/mol. The van der Waals surface area contributed by atoms with Crippen LogP contribution in [0.15, 0.2) is 82.0 Å². The Kier molecular flexibility index (Phi) is 3.55. The van der Waals surface area contributed by atoms with Crippen molar-refractivity contribution in [1.29, 1.82) is 0 Å². The van der Waals surface area contributed by atoms with Gasteiger partial charge < -0.3 is 23.4 Å². The second kappa shape index (κ2) is 6.38. The molecule has 7 nitrogen and oxygen atoms in total. The number of para-hydroxylation sites is 1. The fourth-order valence-electron chi connectivity index (χ4n) is 3.50. The lowest BCUT2D eigenvalue weighted by molar-refractivity contribution is -0.130. The highest BCUT2D eigenvalue weighted by Gasteiger charge is 2.31. The summed E-state index contributed by atoms with van der Waals surface area (Å²) in [5.41, 5.74) is 2.33. The highest BCUT2D eigenvalue weighted by molar-refractivity contribution is 6.15. The number of aliphatic imine (C=N–C) groups is 1. The molecular weight excluding hydrogens is 386 g/mol. The SMILES string of the molecule is O=C1OC(c2ccco2)=NC1=C1C=C(c2ccc3c(c2)OCO3)Oc2ccccc21. The van der Waals surface area contributed by atoms with Gasteiger partial charge in [0.05, 0.1) is 6.26 Å². The van der Waals surface area contributed by atoms with E-state index >= 15 is 0 Å². The smallest absolute Gasteiger partial charge is 0.364 e. The Balaban J connectivity index is 1.51. The number of allylic oxidation sites excluding steroid dienone is 2. The quantitative estimate of drug-likeness (QED) is 0.476. The molecule has 0 saturated heterocycles. The normalized spacial score (nSPS) is 19.0. The number of cyclic esters (lactones) is 1. The van der Waals surface area contributed by atoms with Crippen molar-refractivity contribution in [3.8, 4) is 17.2 Å². The number of benzene rings is 2. The maximum atomic E-state index is 12.6. The number of carbonyl (C=O) groups excluding carboxylic acids is 1. The van der Waals surface area contributed by atoms with Gasteiger partial charge in [-0.2, -0.15) is 0 Å². The summed E-state index contributed by atoms with van der Waals surface area (Å²) in [5, 5.41) is 0. The molecule has 0 amide bonds. The first-order valence-electron chi connectivity index (χ1n) is 9.24. The molecule has 4 heterocycles. The van der Waals surface area contributed by atoms with Crippen molar-refractivity contribution in [2.75, 3.05) is 6.79 Å². The lowest BCUT2D eigenvalue weighted by Crippen LogP contribution is -2.08. The Morgan fingerprint density at radius 2 is 1.77 bits per heavy atom. The van der Waals surface area contributed by atoms with E-state index in [-0.39, 0.29) is 18.4 Å². The monoisotopic (exact) mass is 399 g/mol. The molecule has 0 spiro atoms. The Hall–Kier alpha value is -4.26. The lowest BCUT2D eigenvalue weighted by Gasteiger charge is -2.20. The number of ether oxygens (including phenoxy) is 4. The number of carbonyl (C=O) groups is 1. The molecule has 3 aromatic rings. The summed E-state index contributed by atoms with van der Waals surface area (Å²) in [6, 6.07) is 16.4. The summed E-state index contributed by atoms with van der Waals surface area (Å²) in [5.74, 6) is 2.47. The molecule has 0 atom stereocenters. The first-order chi connectivity index (χ1) is 14.8. The van der Waals surface area contributed by atoms with Gasteiger partial charge in [-0.1, -0.05) is 18.2 Å². The van der Waals surface area contributed by atoms with Crippen LogP contribution in [-0.4, -0.2) is 18.7 Å². The standard InChI is InChI=1S/C23H13NO6/c25-23-21(24-22(30-23)18-6-3-9-26-18)15-11-19(29-16-5-2-1-4-14(15)16)13-7-8-17-20(10-13)28-12-27-17/h1-11H,12H2. The zero-order valence-corrected chi connectivity index (χ0v) is 15.5. The van der Waals surface area contributed by atoms with E-state index in [0.29, 0.717) is 34.3 Å². The Labute approximate surface area is 170 Å². The predicted molar refractivity (Wildman–Crippen MR) is 106 cm³/mol. The van der Waals surface area contributed by atoms with E-state index in [1.807, 2.05) is 42.5 Å². The number of hydrogen-bond donors (Lipinski definition) is 0. The molecule has 7 heteroatoms. The van der Waals surface area contributed by atoms with Crippen LogP contribution >= 0.6 is 0 Å². The maximum Gasteiger partial charge on any atom is 0.364 e. The van der Waals surface area contributed by atoms with E-state index in [4.69, 9.17) is 23.4 Å². The number of hydrogen-bond acceptors (Lipinski definition) is 7. The van der Waals surface area contributed by atoms with Gasteiger partial charge in [0.15, 0.2) is 23.0 Å². The third kappa shape index (κ3) is 2.60. The van der Waals surface area contributed by atoms with Crippen molar-refractivity contribution in [3.63, 3.8) is 0 Å². The third-order valence-electron chi connectivity index (χ3n) is 4.91. The van der Waals surface area contributed by atoms with Crippen molar-refractivity contribution in [2.45, 2.75) is 0 Å². The van der Waals surface area contributed by atoms with Gasteiger partial charge in [0.1, 0.15) is 11.5 Å². The van der Waals surface area contributed by atoms with Crippen LogP contribution in [-0.2, 0) is 9.53 Å². The molecule has 2 aromatic carbocycles. The van der Waals surface area contributed by atoms with Crippen molar-refractivity contribution in [1.82, 2.24) is 0 Å². The minimum Gasteiger partial charge on any atom is -0.459 e. The third-order valence-corrected chi connectivity index (χ3v) is 4.91. The molecule has 0 saturated carbocycles. The maximum absolute atomic E-state index is 12.6. The fourth-order valence-corrected chi connectivity index (χ4v) is 3.50. The molecular formula is C23H13NO6. The number of furan rings is 1. The van der Waals surface area contributed by atoms with Crippen LogP contribution in [0.1, 0.15) is 16.9 Å². The van der Waals surface area contributed by atoms with E-state index in [1.165, 1.54) is 6.26 Å². The van der Waals surface area contributed by atoms with Gasteiger partial charge in [-0.05, 0) is 42.5 Å². The zero-order valence-electron chi connectivity index (χ0n) is 15.5. The number of nitrogens with zero attached hydrogens (tertiary/aromatic N) is 1. The van der Waals surface area contributed by atoms with Crippen LogP contribution in [0.4, 0.5) is 0 Å². The first-order valence-corrected chi connectivity index (χ1v) is 9.24. The van der Waals surface area contributed by atoms with Gasteiger partial charge in [0.25, 0.3) is 5.90 Å². The predicted octanol–water partition coefficient (Wildman–Crippen LogP) is 4.16. The average Bonchev–Trinajstić information content (AvgIpc) is 3.53. The van der Waals surface area contributed by atoms with Gasteiger partial charge >= 0.3 is 5.97 Å². The molecule has 3 aliphatic heterocycles. The number of fused-ring (bicyclic) bond motifs is 2. The van der Waals surface area contributed by atoms with Crippen molar-refractivity contribution < 1.29 is 28.2 Å². The molecule has 3 aliphatic rings. The van der Waals surface area contributed by atoms with Crippen molar-refractivity contribution in [3.05, 3.63) is 89.5 Å². The second-order valence-corrected chi connectivity index (χ2v) is 6.72.